The zero-order valence-corrected chi connectivity index (χ0v) is 15.6. The highest BCUT2D eigenvalue weighted by atomic mass is 16.3. The Kier molecular flexibility index (Phi) is 3.32. The lowest BCUT2D eigenvalue weighted by molar-refractivity contribution is -1.18. The van der Waals surface area contributed by atoms with Crippen LogP contribution in [0, 0.1) is 10.8 Å². The maximum atomic E-state index is 13.3. The second-order valence-corrected chi connectivity index (χ2v) is 8.77. The number of rotatable bonds is 3. The van der Waals surface area contributed by atoms with Crippen LogP contribution >= 0.6 is 0 Å². The molecule has 136 valence electrons. The summed E-state index contributed by atoms with van der Waals surface area (Å²) in [7, 11) is 0. The van der Waals surface area contributed by atoms with Gasteiger partial charge < -0.3 is 5.11 Å². The monoisotopic (exact) mass is 352 g/mol. The largest absolute Gasteiger partial charge is 0.507 e. The molecule has 4 nitrogen and oxygen atoms in total. The van der Waals surface area contributed by atoms with Crippen LogP contribution in [0.2, 0.25) is 0 Å². The number of aromatic hydroxyl groups is 1. The predicted molar refractivity (Wildman–Crippen MR) is 100 cm³/mol. The molecule has 2 aromatic rings. The highest BCUT2D eigenvalue weighted by Crippen LogP contribution is 2.42. The molecule has 26 heavy (non-hydrogen) atoms. The Morgan fingerprint density at radius 2 is 1.54 bits per heavy atom. The Bertz CT molecular complexity index is 864. The number of quaternary nitrogens is 2. The van der Waals surface area contributed by atoms with Gasteiger partial charge in [-0.1, -0.05) is 44.2 Å². The third-order valence-electron chi connectivity index (χ3n) is 7.63. The minimum atomic E-state index is -0.159. The van der Waals surface area contributed by atoms with E-state index >= 15 is 0 Å². The van der Waals surface area contributed by atoms with Crippen LogP contribution in [0.15, 0.2) is 36.4 Å². The number of carbonyl (C=O) groups excluding carboxylic acids is 1. The Morgan fingerprint density at radius 1 is 0.962 bits per heavy atom. The zero-order valence-electron chi connectivity index (χ0n) is 15.6. The molecule has 4 fully saturated rings. The van der Waals surface area contributed by atoms with Crippen molar-refractivity contribution >= 4 is 16.6 Å². The van der Waals surface area contributed by atoms with Crippen LogP contribution in [0.25, 0.3) is 10.8 Å². The Labute approximate surface area is 154 Å². The third kappa shape index (κ3) is 1.89. The molecule has 0 spiro atoms. The van der Waals surface area contributed by atoms with Gasteiger partial charge in [-0.3, -0.25) is 14.6 Å². The zero-order chi connectivity index (χ0) is 18.1. The Hall–Kier alpha value is -1.91. The summed E-state index contributed by atoms with van der Waals surface area (Å²) in [5, 5.41) is 13.1. The Balaban J connectivity index is 1.67. The molecule has 6 rings (SSSR count). The molecule has 0 amide bonds. The molecule has 3 N–H and O–H groups in total. The van der Waals surface area contributed by atoms with E-state index in [4.69, 9.17) is 0 Å². The molecule has 0 saturated carbocycles. The number of fused-ring (bicyclic) bond motifs is 1. The number of Topliss-reactive ketones (excluding diaryl/α,β-unsaturated/α-hetero) is 1. The van der Waals surface area contributed by atoms with Gasteiger partial charge in [0.05, 0.1) is 0 Å². The van der Waals surface area contributed by atoms with Crippen LogP contribution in [-0.4, -0.2) is 37.1 Å². The maximum absolute atomic E-state index is 13.3. The lowest BCUT2D eigenvalue weighted by atomic mass is 9.58. The topological polar surface area (TPSA) is 46.2 Å². The van der Waals surface area contributed by atoms with Crippen molar-refractivity contribution in [1.82, 2.24) is 0 Å². The number of benzene rings is 2. The fourth-order valence-corrected chi connectivity index (χ4v) is 6.39. The number of hydrogen-bond donors (Lipinski definition) is 3. The van der Waals surface area contributed by atoms with E-state index in [9.17, 15) is 9.90 Å². The van der Waals surface area contributed by atoms with Gasteiger partial charge in [-0.05, 0) is 24.3 Å². The summed E-state index contributed by atoms with van der Waals surface area (Å²) in [5.74, 6) is 0.937. The van der Waals surface area contributed by atoms with Crippen LogP contribution in [0.3, 0.4) is 0 Å². The van der Waals surface area contributed by atoms with Gasteiger partial charge >= 0.3 is 0 Å². The minimum absolute atomic E-state index is 0.159. The van der Waals surface area contributed by atoms with E-state index in [2.05, 4.69) is 38.1 Å². The maximum Gasteiger partial charge on any atom is 0.244 e. The van der Waals surface area contributed by atoms with Crippen LogP contribution in [0.5, 0.6) is 5.75 Å². The number of nitrogens with one attached hydrogen (secondary N) is 2. The molecule has 0 unspecified atom stereocenters. The molecule has 4 aliphatic heterocycles. The summed E-state index contributed by atoms with van der Waals surface area (Å²) in [6.45, 7) is 8.03. The van der Waals surface area contributed by atoms with Crippen molar-refractivity contribution in [2.45, 2.75) is 32.9 Å². The summed E-state index contributed by atoms with van der Waals surface area (Å²) in [6.07, 6.45) is 2.11. The highest BCUT2D eigenvalue weighted by Gasteiger charge is 2.70. The van der Waals surface area contributed by atoms with Crippen molar-refractivity contribution in [1.29, 1.82) is 0 Å². The summed E-state index contributed by atoms with van der Waals surface area (Å²) in [6, 6.07) is 12.2. The average molecular weight is 352 g/mol. The number of phenolic OH excluding ortho intramolecular Hbond substituents is 1. The molecule has 2 aromatic carbocycles. The van der Waals surface area contributed by atoms with Gasteiger partial charge in [0.2, 0.25) is 6.17 Å². The van der Waals surface area contributed by atoms with Crippen molar-refractivity contribution in [2.24, 2.45) is 10.8 Å². The number of phenols is 1. The van der Waals surface area contributed by atoms with E-state index in [0.29, 0.717) is 11.5 Å². The van der Waals surface area contributed by atoms with Crippen molar-refractivity contribution in [2.75, 3.05) is 26.2 Å². The minimum Gasteiger partial charge on any atom is -0.507 e. The molecule has 4 saturated heterocycles. The van der Waals surface area contributed by atoms with Crippen LogP contribution in [-0.2, 0) is 4.79 Å². The summed E-state index contributed by atoms with van der Waals surface area (Å²) >= 11 is 0. The smallest absolute Gasteiger partial charge is 0.244 e. The van der Waals surface area contributed by atoms with Crippen molar-refractivity contribution < 1.29 is 19.7 Å². The SMILES string of the molecule is CCC12C[NH+]3CC(CC)(C[NH+](C1)C3c1c(O)ccc3ccccc13)C2=O. The van der Waals surface area contributed by atoms with E-state index in [1.54, 1.807) is 0 Å². The molecule has 4 heteroatoms. The molecular weight excluding hydrogens is 324 g/mol. The van der Waals surface area contributed by atoms with Crippen LogP contribution in [0.1, 0.15) is 38.4 Å². The summed E-state index contributed by atoms with van der Waals surface area (Å²) < 4.78 is 0. The highest BCUT2D eigenvalue weighted by molar-refractivity contribution is 5.92. The molecule has 4 aliphatic rings. The average Bonchev–Trinajstić information content (AvgIpc) is 2.66. The molecule has 4 bridgehead atoms. The number of hydrogen-bond acceptors (Lipinski definition) is 2. The van der Waals surface area contributed by atoms with Gasteiger partial charge in [0.25, 0.3) is 0 Å². The standard InChI is InChI=1S/C22H26N2O2/c1-3-21-11-23-13-22(4-2,20(21)26)14-24(12-21)19(23)18-16-8-6-5-7-15(16)9-10-17(18)25/h5-10,19,25H,3-4,11-14H2,1-2H3/p+2. The Morgan fingerprint density at radius 3 is 2.12 bits per heavy atom. The van der Waals surface area contributed by atoms with Crippen LogP contribution in [0.4, 0.5) is 0 Å². The molecule has 4 heterocycles. The lowest BCUT2D eigenvalue weighted by Gasteiger charge is -2.60. The van der Waals surface area contributed by atoms with E-state index in [0.717, 1.165) is 50.0 Å². The normalized spacial score (nSPS) is 38.2. The third-order valence-corrected chi connectivity index (χ3v) is 7.63. The molecule has 0 aromatic heterocycles. The first kappa shape index (κ1) is 16.3. The van der Waals surface area contributed by atoms with Gasteiger partial charge in [-0.25, -0.2) is 0 Å². The fourth-order valence-electron chi connectivity index (χ4n) is 6.39. The van der Waals surface area contributed by atoms with Gasteiger partial charge in [-0.15, -0.1) is 0 Å². The number of ketones is 1. The van der Waals surface area contributed by atoms with E-state index in [1.165, 1.54) is 15.2 Å². The van der Waals surface area contributed by atoms with Crippen molar-refractivity contribution in [3.05, 3.63) is 42.0 Å². The molecule has 0 aliphatic carbocycles. The predicted octanol–water partition coefficient (Wildman–Crippen LogP) is 0.717. The van der Waals surface area contributed by atoms with Crippen LogP contribution < -0.4 is 9.80 Å². The van der Waals surface area contributed by atoms with Gasteiger partial charge in [0, 0.05) is 5.39 Å². The van der Waals surface area contributed by atoms with Gasteiger partial charge in [0.1, 0.15) is 48.3 Å². The first-order chi connectivity index (χ1) is 12.5. The van der Waals surface area contributed by atoms with Gasteiger partial charge in [-0.2, -0.15) is 0 Å². The van der Waals surface area contributed by atoms with Gasteiger partial charge in [0.15, 0.2) is 5.78 Å². The number of carbonyl (C=O) groups is 1. The first-order valence-electron chi connectivity index (χ1n) is 9.98. The second-order valence-electron chi connectivity index (χ2n) is 8.77. The van der Waals surface area contributed by atoms with Crippen molar-refractivity contribution in [3.8, 4) is 5.75 Å². The molecule has 0 atom stereocenters. The first-order valence-corrected chi connectivity index (χ1v) is 9.98. The lowest BCUT2D eigenvalue weighted by Crippen LogP contribution is -3.41. The number of piperidine rings is 2. The van der Waals surface area contributed by atoms with E-state index in [1.807, 2.05) is 12.1 Å². The summed E-state index contributed by atoms with van der Waals surface area (Å²) in [4.78, 5) is 16.3. The van der Waals surface area contributed by atoms with E-state index < -0.39 is 0 Å². The quantitative estimate of drug-likeness (QED) is 0.762. The second kappa shape index (κ2) is 5.30. The fraction of sp³-hybridized carbons (Fsp3) is 0.500. The molecular formula is C22H28N2O2+2. The van der Waals surface area contributed by atoms with E-state index in [-0.39, 0.29) is 17.0 Å². The summed E-state index contributed by atoms with van der Waals surface area (Å²) in [5.41, 5.74) is 0.763. The molecule has 0 radical (unpaired) electrons. The van der Waals surface area contributed by atoms with Crippen molar-refractivity contribution in [3.63, 3.8) is 0 Å².